The van der Waals surface area contributed by atoms with Gasteiger partial charge in [0.15, 0.2) is 0 Å². The first-order valence-electron chi connectivity index (χ1n) is 7.33. The van der Waals surface area contributed by atoms with Crippen LogP contribution >= 0.6 is 12.2 Å². The Morgan fingerprint density at radius 3 is 2.75 bits per heavy atom. The van der Waals surface area contributed by atoms with E-state index in [1.54, 1.807) is 7.11 Å². The van der Waals surface area contributed by atoms with Crippen LogP contribution in [0.15, 0.2) is 18.2 Å². The smallest absolute Gasteiger partial charge is 0.129 e. The lowest BCUT2D eigenvalue weighted by Gasteiger charge is -2.22. The number of ether oxygens (including phenoxy) is 1. The van der Waals surface area contributed by atoms with Crippen LogP contribution in [0.3, 0.4) is 0 Å². The molecule has 0 spiro atoms. The summed E-state index contributed by atoms with van der Waals surface area (Å²) in [5, 5.41) is 0. The van der Waals surface area contributed by atoms with Gasteiger partial charge in [-0.2, -0.15) is 0 Å². The molecule has 1 aliphatic rings. The number of nitrogens with zero attached hydrogens (tertiary/aromatic N) is 1. The van der Waals surface area contributed by atoms with E-state index >= 15 is 0 Å². The Morgan fingerprint density at radius 1 is 1.45 bits per heavy atom. The molecule has 110 valence electrons. The molecule has 0 unspecified atom stereocenters. The van der Waals surface area contributed by atoms with Crippen LogP contribution in [0.2, 0.25) is 0 Å². The van der Waals surface area contributed by atoms with Crippen LogP contribution < -0.4 is 10.5 Å². The van der Waals surface area contributed by atoms with Gasteiger partial charge < -0.3 is 10.5 Å². The van der Waals surface area contributed by atoms with Gasteiger partial charge in [-0.25, -0.2) is 0 Å². The van der Waals surface area contributed by atoms with Crippen molar-refractivity contribution < 1.29 is 4.74 Å². The van der Waals surface area contributed by atoms with E-state index in [2.05, 4.69) is 24.0 Å². The van der Waals surface area contributed by atoms with Gasteiger partial charge in [0.1, 0.15) is 10.7 Å². The van der Waals surface area contributed by atoms with E-state index < -0.39 is 0 Å². The van der Waals surface area contributed by atoms with E-state index in [-0.39, 0.29) is 0 Å². The summed E-state index contributed by atoms with van der Waals surface area (Å²) in [5.41, 5.74) is 7.87. The van der Waals surface area contributed by atoms with Gasteiger partial charge in [0, 0.05) is 13.1 Å². The van der Waals surface area contributed by atoms with Crippen molar-refractivity contribution in [1.29, 1.82) is 0 Å². The molecule has 2 rings (SSSR count). The van der Waals surface area contributed by atoms with Crippen molar-refractivity contribution in [2.24, 2.45) is 11.7 Å². The van der Waals surface area contributed by atoms with E-state index in [0.29, 0.717) is 4.99 Å². The Bertz CT molecular complexity index is 472. The second-order valence-corrected chi connectivity index (χ2v) is 6.02. The van der Waals surface area contributed by atoms with Gasteiger partial charge in [0.25, 0.3) is 0 Å². The molecule has 1 fully saturated rings. The zero-order chi connectivity index (χ0) is 14.5. The minimum Gasteiger partial charge on any atom is -0.496 e. The third kappa shape index (κ3) is 4.18. The molecule has 1 saturated carbocycles. The summed E-state index contributed by atoms with van der Waals surface area (Å²) >= 11 is 5.10. The lowest BCUT2D eigenvalue weighted by atomic mass is 10.1. The lowest BCUT2D eigenvalue weighted by molar-refractivity contribution is 0.255. The van der Waals surface area contributed by atoms with Crippen molar-refractivity contribution >= 4 is 17.2 Å². The molecule has 0 saturated heterocycles. The Hall–Kier alpha value is -1.13. The van der Waals surface area contributed by atoms with Gasteiger partial charge in [0.2, 0.25) is 0 Å². The third-order valence-electron chi connectivity index (χ3n) is 3.69. The standard InChI is InChI=1S/C16H24N2OS/c1-3-8-18(10-12-4-5-12)11-13-6-7-15(19-2)14(9-13)16(17)20/h6-7,9,12H,3-5,8,10-11H2,1-2H3,(H2,17,20). The van der Waals surface area contributed by atoms with E-state index in [0.717, 1.165) is 30.3 Å². The van der Waals surface area contributed by atoms with Gasteiger partial charge in [-0.3, -0.25) is 4.90 Å². The van der Waals surface area contributed by atoms with Crippen molar-refractivity contribution in [1.82, 2.24) is 4.90 Å². The maximum atomic E-state index is 5.78. The van der Waals surface area contributed by atoms with Crippen molar-refractivity contribution in [2.45, 2.75) is 32.7 Å². The highest BCUT2D eigenvalue weighted by Crippen LogP contribution is 2.30. The average Bonchev–Trinajstić information content (AvgIpc) is 3.22. The number of hydrogen-bond acceptors (Lipinski definition) is 3. The molecule has 1 aromatic rings. The summed E-state index contributed by atoms with van der Waals surface area (Å²) in [4.78, 5) is 2.93. The van der Waals surface area contributed by atoms with Gasteiger partial charge >= 0.3 is 0 Å². The highest BCUT2D eigenvalue weighted by atomic mass is 32.1. The minimum absolute atomic E-state index is 0.396. The molecule has 0 amide bonds. The fourth-order valence-corrected chi connectivity index (χ4v) is 2.68. The number of methoxy groups -OCH3 is 1. The Morgan fingerprint density at radius 2 is 2.20 bits per heavy atom. The zero-order valence-electron chi connectivity index (χ0n) is 12.4. The second kappa shape index (κ2) is 7.04. The highest BCUT2D eigenvalue weighted by Gasteiger charge is 2.24. The summed E-state index contributed by atoms with van der Waals surface area (Å²) < 4.78 is 5.31. The molecule has 0 aromatic heterocycles. The normalized spacial score (nSPS) is 14.6. The number of nitrogens with two attached hydrogens (primary N) is 1. The quantitative estimate of drug-likeness (QED) is 0.748. The highest BCUT2D eigenvalue weighted by molar-refractivity contribution is 7.80. The van der Waals surface area contributed by atoms with E-state index in [9.17, 15) is 0 Å². The SMILES string of the molecule is CCCN(Cc1ccc(OC)c(C(N)=S)c1)CC1CC1. The van der Waals surface area contributed by atoms with Crippen molar-refractivity contribution in [2.75, 3.05) is 20.2 Å². The molecule has 20 heavy (non-hydrogen) atoms. The summed E-state index contributed by atoms with van der Waals surface area (Å²) in [6.07, 6.45) is 3.97. The van der Waals surface area contributed by atoms with Crippen LogP contribution in [0.25, 0.3) is 0 Å². The molecular formula is C16H24N2OS. The maximum absolute atomic E-state index is 5.78. The number of thiocarbonyl (C=S) groups is 1. The number of rotatable bonds is 8. The molecular weight excluding hydrogens is 268 g/mol. The zero-order valence-corrected chi connectivity index (χ0v) is 13.2. The summed E-state index contributed by atoms with van der Waals surface area (Å²) in [5.74, 6) is 1.67. The van der Waals surface area contributed by atoms with Crippen LogP contribution in [0, 0.1) is 5.92 Å². The third-order valence-corrected chi connectivity index (χ3v) is 3.91. The molecule has 0 heterocycles. The molecule has 2 N–H and O–H groups in total. The van der Waals surface area contributed by atoms with E-state index in [1.807, 2.05) is 6.07 Å². The fraction of sp³-hybridized carbons (Fsp3) is 0.562. The first kappa shape index (κ1) is 15.3. The Balaban J connectivity index is 2.09. The summed E-state index contributed by atoms with van der Waals surface area (Å²) in [6.45, 7) is 5.55. The predicted octanol–water partition coefficient (Wildman–Crippen LogP) is 2.95. The molecule has 3 nitrogen and oxygen atoms in total. The predicted molar refractivity (Wildman–Crippen MR) is 87.2 cm³/mol. The first-order chi connectivity index (χ1) is 9.63. The molecule has 1 aromatic carbocycles. The first-order valence-corrected chi connectivity index (χ1v) is 7.74. The summed E-state index contributed by atoms with van der Waals surface area (Å²) in [7, 11) is 1.65. The van der Waals surface area contributed by atoms with Crippen molar-refractivity contribution in [3.63, 3.8) is 0 Å². The molecule has 1 aliphatic carbocycles. The average molecular weight is 292 g/mol. The van der Waals surface area contributed by atoms with Gasteiger partial charge in [-0.15, -0.1) is 0 Å². The van der Waals surface area contributed by atoms with E-state index in [1.165, 1.54) is 31.4 Å². The molecule has 0 radical (unpaired) electrons. The van der Waals surface area contributed by atoms with Crippen LogP contribution in [-0.2, 0) is 6.54 Å². The lowest BCUT2D eigenvalue weighted by Crippen LogP contribution is -2.26. The van der Waals surface area contributed by atoms with Crippen LogP contribution in [0.5, 0.6) is 5.75 Å². The van der Waals surface area contributed by atoms with Crippen LogP contribution in [0.4, 0.5) is 0 Å². The van der Waals surface area contributed by atoms with E-state index in [4.69, 9.17) is 22.7 Å². The fourth-order valence-electron chi connectivity index (χ4n) is 2.52. The van der Waals surface area contributed by atoms with Crippen LogP contribution in [0.1, 0.15) is 37.3 Å². The van der Waals surface area contributed by atoms with Crippen LogP contribution in [-0.4, -0.2) is 30.1 Å². The Labute approximate surface area is 127 Å². The topological polar surface area (TPSA) is 38.5 Å². The largest absolute Gasteiger partial charge is 0.496 e. The number of benzene rings is 1. The summed E-state index contributed by atoms with van der Waals surface area (Å²) in [6, 6.07) is 6.14. The second-order valence-electron chi connectivity index (χ2n) is 5.58. The Kier molecular flexibility index (Phi) is 5.38. The molecule has 0 bridgehead atoms. The molecule has 0 aliphatic heterocycles. The van der Waals surface area contributed by atoms with Gasteiger partial charge in [-0.1, -0.05) is 25.2 Å². The number of hydrogen-bond donors (Lipinski definition) is 1. The van der Waals surface area contributed by atoms with Gasteiger partial charge in [-0.05, 0) is 49.4 Å². The van der Waals surface area contributed by atoms with Crippen molar-refractivity contribution in [3.8, 4) is 5.75 Å². The molecule has 0 atom stereocenters. The monoisotopic (exact) mass is 292 g/mol. The minimum atomic E-state index is 0.396. The van der Waals surface area contributed by atoms with Gasteiger partial charge in [0.05, 0.1) is 12.7 Å². The van der Waals surface area contributed by atoms with Crippen molar-refractivity contribution in [3.05, 3.63) is 29.3 Å². The maximum Gasteiger partial charge on any atom is 0.129 e. The molecule has 4 heteroatoms.